The number of aromatic nitrogens is 1. The highest BCUT2D eigenvalue weighted by Gasteiger charge is 2.10. The van der Waals surface area contributed by atoms with Crippen LogP contribution in [0, 0.1) is 0 Å². The molecule has 0 bridgehead atoms. The summed E-state index contributed by atoms with van der Waals surface area (Å²) in [5.41, 5.74) is 3.82. The normalized spacial score (nSPS) is 11.8. The first-order chi connectivity index (χ1) is 14.2. The van der Waals surface area contributed by atoms with Crippen LogP contribution in [0.1, 0.15) is 24.2 Å². The Kier molecular flexibility index (Phi) is 6.03. The second-order valence-electron chi connectivity index (χ2n) is 6.70. The van der Waals surface area contributed by atoms with Crippen molar-refractivity contribution in [2.45, 2.75) is 19.4 Å². The molecule has 0 radical (unpaired) electrons. The predicted octanol–water partition coefficient (Wildman–Crippen LogP) is 6.23. The zero-order valence-electron chi connectivity index (χ0n) is 16.0. The topological polar surface area (TPSA) is 54.0 Å². The molecular formula is C23H21N3OS2. The van der Waals surface area contributed by atoms with Crippen LogP contribution < -0.4 is 10.6 Å². The molecule has 4 nitrogen and oxygen atoms in total. The summed E-state index contributed by atoms with van der Waals surface area (Å²) in [6.45, 7) is 2.13. The van der Waals surface area contributed by atoms with Gasteiger partial charge in [-0.15, -0.1) is 22.7 Å². The molecule has 1 amide bonds. The van der Waals surface area contributed by atoms with Gasteiger partial charge in [0, 0.05) is 22.8 Å². The summed E-state index contributed by atoms with van der Waals surface area (Å²) in [6.07, 6.45) is 0.271. The smallest absolute Gasteiger partial charge is 0.230 e. The Hall–Kier alpha value is -2.96. The maximum Gasteiger partial charge on any atom is 0.230 e. The van der Waals surface area contributed by atoms with Crippen LogP contribution in [0.2, 0.25) is 0 Å². The Labute approximate surface area is 178 Å². The summed E-state index contributed by atoms with van der Waals surface area (Å²) in [4.78, 5) is 18.1. The third-order valence-corrected chi connectivity index (χ3v) is 6.41. The van der Waals surface area contributed by atoms with Crippen LogP contribution in [0.25, 0.3) is 9.88 Å². The first kappa shape index (κ1) is 19.4. The molecule has 0 fully saturated rings. The van der Waals surface area contributed by atoms with Gasteiger partial charge in [0.15, 0.2) is 0 Å². The number of benzene rings is 2. The van der Waals surface area contributed by atoms with Crippen molar-refractivity contribution in [2.24, 2.45) is 0 Å². The lowest BCUT2D eigenvalue weighted by Gasteiger charge is -2.16. The Morgan fingerprint density at radius 1 is 0.966 bits per heavy atom. The molecule has 2 aromatic heterocycles. The third-order valence-electron chi connectivity index (χ3n) is 4.48. The van der Waals surface area contributed by atoms with E-state index in [2.05, 4.69) is 34.7 Å². The van der Waals surface area contributed by atoms with E-state index in [9.17, 15) is 4.79 Å². The van der Waals surface area contributed by atoms with Gasteiger partial charge in [0.1, 0.15) is 5.01 Å². The van der Waals surface area contributed by atoms with E-state index in [-0.39, 0.29) is 18.4 Å². The van der Waals surface area contributed by atoms with Crippen LogP contribution in [-0.4, -0.2) is 10.9 Å². The van der Waals surface area contributed by atoms with Crippen molar-refractivity contribution in [3.63, 3.8) is 0 Å². The van der Waals surface area contributed by atoms with Gasteiger partial charge in [0.05, 0.1) is 17.0 Å². The molecule has 0 saturated carbocycles. The number of rotatable bonds is 7. The minimum absolute atomic E-state index is 0.0635. The number of amides is 1. The average molecular weight is 420 g/mol. The average Bonchev–Trinajstić information content (AvgIpc) is 3.42. The molecule has 0 aliphatic rings. The molecule has 0 spiro atoms. The first-order valence-corrected chi connectivity index (χ1v) is 11.1. The highest BCUT2D eigenvalue weighted by molar-refractivity contribution is 7.20. The molecule has 29 heavy (non-hydrogen) atoms. The quantitative estimate of drug-likeness (QED) is 0.373. The summed E-state index contributed by atoms with van der Waals surface area (Å²) in [6, 6.07) is 22.3. The summed E-state index contributed by atoms with van der Waals surface area (Å²) < 4.78 is 0. The molecule has 2 heterocycles. The van der Waals surface area contributed by atoms with Gasteiger partial charge in [-0.2, -0.15) is 0 Å². The highest BCUT2D eigenvalue weighted by Crippen LogP contribution is 2.28. The maximum absolute atomic E-state index is 12.4. The van der Waals surface area contributed by atoms with Crippen molar-refractivity contribution in [3.8, 4) is 9.88 Å². The fourth-order valence-electron chi connectivity index (χ4n) is 3.00. The lowest BCUT2D eigenvalue weighted by molar-refractivity contribution is -0.115. The number of nitrogens with one attached hydrogen (secondary N) is 2. The third kappa shape index (κ3) is 5.10. The summed E-state index contributed by atoms with van der Waals surface area (Å²) in [5.74, 6) is -0.0635. The van der Waals surface area contributed by atoms with Gasteiger partial charge < -0.3 is 10.6 Å². The molecule has 4 aromatic rings. The van der Waals surface area contributed by atoms with Crippen LogP contribution in [0.15, 0.2) is 77.5 Å². The van der Waals surface area contributed by atoms with E-state index in [1.54, 1.807) is 22.7 Å². The fourth-order valence-corrected chi connectivity index (χ4v) is 4.63. The second kappa shape index (κ2) is 9.03. The Morgan fingerprint density at radius 3 is 2.45 bits per heavy atom. The lowest BCUT2D eigenvalue weighted by Crippen LogP contribution is -2.14. The first-order valence-electron chi connectivity index (χ1n) is 9.37. The number of anilines is 2. The minimum Gasteiger partial charge on any atom is -0.379 e. The second-order valence-corrected chi connectivity index (χ2v) is 8.51. The lowest BCUT2D eigenvalue weighted by atomic mass is 10.1. The van der Waals surface area contributed by atoms with E-state index in [4.69, 9.17) is 0 Å². The van der Waals surface area contributed by atoms with Crippen LogP contribution in [0.4, 0.5) is 11.4 Å². The molecule has 0 aliphatic heterocycles. The fraction of sp³-hybridized carbons (Fsp3) is 0.130. The van der Waals surface area contributed by atoms with Crippen LogP contribution in [-0.2, 0) is 11.2 Å². The molecule has 1 atom stereocenters. The molecule has 1 unspecified atom stereocenters. The zero-order valence-corrected chi connectivity index (χ0v) is 17.6. The maximum atomic E-state index is 12.4. The van der Waals surface area contributed by atoms with Gasteiger partial charge >= 0.3 is 0 Å². The van der Waals surface area contributed by atoms with E-state index >= 15 is 0 Å². The summed E-state index contributed by atoms with van der Waals surface area (Å²) >= 11 is 3.23. The van der Waals surface area contributed by atoms with Gasteiger partial charge in [-0.3, -0.25) is 4.79 Å². The van der Waals surface area contributed by atoms with Crippen molar-refractivity contribution < 1.29 is 4.79 Å². The van der Waals surface area contributed by atoms with Crippen molar-refractivity contribution in [1.29, 1.82) is 0 Å². The predicted molar refractivity (Wildman–Crippen MR) is 123 cm³/mol. The van der Waals surface area contributed by atoms with Gasteiger partial charge in [-0.25, -0.2) is 4.98 Å². The number of carbonyl (C=O) groups excluding carboxylic acids is 1. The van der Waals surface area contributed by atoms with E-state index in [0.717, 1.165) is 27.0 Å². The monoisotopic (exact) mass is 419 g/mol. The minimum atomic E-state index is -0.0635. The largest absolute Gasteiger partial charge is 0.379 e. The molecule has 2 N–H and O–H groups in total. The SMILES string of the molecule is CC(Nc1ccc(NC(=O)Cc2csc(-c3cccs3)n2)cc1)c1ccccc1. The summed E-state index contributed by atoms with van der Waals surface area (Å²) in [5, 5.41) is 11.4. The molecular weight excluding hydrogens is 398 g/mol. The molecule has 146 valence electrons. The molecule has 6 heteroatoms. The number of thiophene rings is 1. The van der Waals surface area contributed by atoms with Crippen molar-refractivity contribution in [2.75, 3.05) is 10.6 Å². The van der Waals surface area contributed by atoms with Crippen molar-refractivity contribution in [1.82, 2.24) is 4.98 Å². The van der Waals surface area contributed by atoms with Crippen molar-refractivity contribution >= 4 is 40.0 Å². The van der Waals surface area contributed by atoms with Crippen LogP contribution in [0.5, 0.6) is 0 Å². The summed E-state index contributed by atoms with van der Waals surface area (Å²) in [7, 11) is 0. The van der Waals surface area contributed by atoms with Gasteiger partial charge in [-0.1, -0.05) is 36.4 Å². The van der Waals surface area contributed by atoms with E-state index in [1.165, 1.54) is 5.56 Å². The Morgan fingerprint density at radius 2 is 1.72 bits per heavy atom. The highest BCUT2D eigenvalue weighted by atomic mass is 32.1. The molecule has 4 rings (SSSR count). The van der Waals surface area contributed by atoms with Crippen LogP contribution in [0.3, 0.4) is 0 Å². The molecule has 2 aromatic carbocycles. The Bertz CT molecular complexity index is 1060. The van der Waals surface area contributed by atoms with Crippen LogP contribution >= 0.6 is 22.7 Å². The van der Waals surface area contributed by atoms with Crippen molar-refractivity contribution in [3.05, 3.63) is 88.7 Å². The van der Waals surface area contributed by atoms with E-state index in [1.807, 2.05) is 65.4 Å². The Balaban J connectivity index is 1.32. The standard InChI is InChI=1S/C23H21N3OS2/c1-16(17-6-3-2-4-7-17)24-18-9-11-19(12-10-18)25-22(27)14-20-15-29-23(26-20)21-8-5-13-28-21/h2-13,15-16,24H,14H2,1H3,(H,25,27). The zero-order chi connectivity index (χ0) is 20.1. The number of thiazole rings is 1. The molecule has 0 saturated heterocycles. The van der Waals surface area contributed by atoms with Gasteiger partial charge in [-0.05, 0) is 48.2 Å². The van der Waals surface area contributed by atoms with Gasteiger partial charge in [0.25, 0.3) is 0 Å². The molecule has 0 aliphatic carbocycles. The van der Waals surface area contributed by atoms with Gasteiger partial charge in [0.2, 0.25) is 5.91 Å². The number of nitrogens with zero attached hydrogens (tertiary/aromatic N) is 1. The van der Waals surface area contributed by atoms with E-state index < -0.39 is 0 Å². The number of hydrogen-bond acceptors (Lipinski definition) is 5. The number of carbonyl (C=O) groups is 1. The number of hydrogen-bond donors (Lipinski definition) is 2. The van der Waals surface area contributed by atoms with E-state index in [0.29, 0.717) is 0 Å².